The second-order valence-corrected chi connectivity index (χ2v) is 7.16. The molecule has 0 aromatic heterocycles. The first-order valence-corrected chi connectivity index (χ1v) is 7.70. The minimum absolute atomic E-state index is 0.111. The molecule has 0 spiro atoms. The van der Waals surface area contributed by atoms with E-state index in [2.05, 4.69) is 38.8 Å². The molecule has 110 valence electrons. The number of hydrogen-bond donors (Lipinski definition) is 0. The third-order valence-electron chi connectivity index (χ3n) is 4.44. The van der Waals surface area contributed by atoms with E-state index in [9.17, 15) is 0 Å². The first-order chi connectivity index (χ1) is 8.89. The number of rotatable bonds is 4. The van der Waals surface area contributed by atoms with E-state index in [1.54, 1.807) is 6.26 Å². The molecular weight excluding hydrogens is 260 g/mol. The molecule has 3 atom stereocenters. The predicted molar refractivity (Wildman–Crippen MR) is 80.1 cm³/mol. The highest BCUT2D eigenvalue weighted by atomic mass is 35.5. The monoisotopic (exact) mass is 286 g/mol. The molecule has 2 rings (SSSR count). The molecule has 0 bridgehead atoms. The highest BCUT2D eigenvalue weighted by Gasteiger charge is 2.32. The molecule has 19 heavy (non-hydrogen) atoms. The molecule has 2 heterocycles. The fraction of sp³-hybridized carbons (Fsp3) is 0.867. The largest absolute Gasteiger partial charge is 0.496 e. The van der Waals surface area contributed by atoms with Gasteiger partial charge in [0.1, 0.15) is 5.60 Å². The van der Waals surface area contributed by atoms with Gasteiger partial charge in [0.05, 0.1) is 12.3 Å². The molecule has 3 unspecified atom stereocenters. The molecule has 0 aromatic rings. The minimum Gasteiger partial charge on any atom is -0.496 e. The Bertz CT molecular complexity index is 332. The van der Waals surface area contributed by atoms with Crippen LogP contribution in [0.5, 0.6) is 0 Å². The van der Waals surface area contributed by atoms with E-state index in [1.165, 1.54) is 19.4 Å². The lowest BCUT2D eigenvalue weighted by atomic mass is 9.95. The van der Waals surface area contributed by atoms with E-state index < -0.39 is 0 Å². The quantitative estimate of drug-likeness (QED) is 0.738. The van der Waals surface area contributed by atoms with Gasteiger partial charge in [-0.05, 0) is 64.1 Å². The molecule has 1 fully saturated rings. The third kappa shape index (κ3) is 3.87. The molecular formula is C15H27ClN2O. The van der Waals surface area contributed by atoms with Crippen molar-refractivity contribution in [1.29, 1.82) is 0 Å². The van der Waals surface area contributed by atoms with Crippen molar-refractivity contribution in [2.24, 2.45) is 5.92 Å². The topological polar surface area (TPSA) is 15.7 Å². The van der Waals surface area contributed by atoms with Crippen LogP contribution in [0.15, 0.2) is 12.3 Å². The SMILES string of the molecule is CC(CN(Cl)C1C=COC(C)(C)C1)C1CCCN1C. The van der Waals surface area contributed by atoms with E-state index in [0.717, 1.165) is 13.0 Å². The lowest BCUT2D eigenvalue weighted by Crippen LogP contribution is -2.42. The molecule has 0 amide bonds. The van der Waals surface area contributed by atoms with Crippen LogP contribution in [0.1, 0.15) is 40.0 Å². The second-order valence-electron chi connectivity index (χ2n) is 6.73. The molecule has 4 heteroatoms. The summed E-state index contributed by atoms with van der Waals surface area (Å²) in [6.07, 6.45) is 7.44. The van der Waals surface area contributed by atoms with Crippen LogP contribution in [0, 0.1) is 5.92 Å². The van der Waals surface area contributed by atoms with E-state index in [4.69, 9.17) is 16.5 Å². The van der Waals surface area contributed by atoms with Crippen molar-refractivity contribution in [3.05, 3.63) is 12.3 Å². The number of hydrogen-bond acceptors (Lipinski definition) is 3. The average molecular weight is 287 g/mol. The van der Waals surface area contributed by atoms with Crippen molar-refractivity contribution in [3.63, 3.8) is 0 Å². The lowest BCUT2D eigenvalue weighted by molar-refractivity contribution is 0.0194. The zero-order valence-electron chi connectivity index (χ0n) is 12.6. The molecule has 3 nitrogen and oxygen atoms in total. The Morgan fingerprint density at radius 2 is 2.26 bits per heavy atom. The van der Waals surface area contributed by atoms with Crippen LogP contribution in [0.25, 0.3) is 0 Å². The van der Waals surface area contributed by atoms with Crippen LogP contribution < -0.4 is 0 Å². The summed E-state index contributed by atoms with van der Waals surface area (Å²) in [4.78, 5) is 2.47. The Balaban J connectivity index is 1.88. The fourth-order valence-corrected chi connectivity index (χ4v) is 3.67. The fourth-order valence-electron chi connectivity index (χ4n) is 3.31. The van der Waals surface area contributed by atoms with Crippen molar-refractivity contribution in [2.75, 3.05) is 20.1 Å². The van der Waals surface area contributed by atoms with Crippen LogP contribution in [0.4, 0.5) is 0 Å². The van der Waals surface area contributed by atoms with Crippen LogP contribution in [-0.4, -0.2) is 47.1 Å². The summed E-state index contributed by atoms with van der Waals surface area (Å²) in [5.41, 5.74) is -0.111. The Morgan fingerprint density at radius 3 is 2.84 bits per heavy atom. The van der Waals surface area contributed by atoms with Gasteiger partial charge in [0.2, 0.25) is 0 Å². The number of likely N-dealkylation sites (tertiary alicyclic amines) is 1. The van der Waals surface area contributed by atoms with Gasteiger partial charge in [0.15, 0.2) is 0 Å². The van der Waals surface area contributed by atoms with Gasteiger partial charge in [-0.2, -0.15) is 0 Å². The zero-order valence-corrected chi connectivity index (χ0v) is 13.4. The van der Waals surface area contributed by atoms with E-state index >= 15 is 0 Å². The summed E-state index contributed by atoms with van der Waals surface area (Å²) in [5, 5.41) is 0. The van der Waals surface area contributed by atoms with Crippen LogP contribution in [0.3, 0.4) is 0 Å². The maximum atomic E-state index is 6.52. The Morgan fingerprint density at radius 1 is 1.53 bits per heavy atom. The van der Waals surface area contributed by atoms with Gasteiger partial charge < -0.3 is 9.64 Å². The normalized spacial score (nSPS) is 32.5. The molecule has 2 aliphatic heterocycles. The van der Waals surface area contributed by atoms with Crippen LogP contribution in [-0.2, 0) is 4.74 Å². The van der Waals surface area contributed by atoms with E-state index in [-0.39, 0.29) is 11.6 Å². The summed E-state index contributed by atoms with van der Waals surface area (Å²) >= 11 is 6.52. The molecule has 1 saturated heterocycles. The first kappa shape index (κ1) is 15.1. The van der Waals surface area contributed by atoms with Gasteiger partial charge >= 0.3 is 0 Å². The van der Waals surface area contributed by atoms with Crippen LogP contribution >= 0.6 is 11.8 Å². The Labute approximate surface area is 122 Å². The standard InChI is InChI=1S/C15H27ClN2O/c1-12(14-6-5-8-17(14)4)11-18(16)13-7-9-19-15(2,3)10-13/h7,9,12-14H,5-6,8,10-11H2,1-4H3. The number of ether oxygens (including phenoxy) is 1. The van der Waals surface area contributed by atoms with Crippen molar-refractivity contribution in [3.8, 4) is 0 Å². The average Bonchev–Trinajstić information content (AvgIpc) is 2.74. The maximum Gasteiger partial charge on any atom is 0.104 e. The van der Waals surface area contributed by atoms with Crippen molar-refractivity contribution < 1.29 is 4.74 Å². The van der Waals surface area contributed by atoms with Gasteiger partial charge in [-0.25, -0.2) is 4.42 Å². The summed E-state index contributed by atoms with van der Waals surface area (Å²) in [5.74, 6) is 0.601. The summed E-state index contributed by atoms with van der Waals surface area (Å²) in [7, 11) is 2.23. The molecule has 0 aromatic carbocycles. The Kier molecular flexibility index (Phi) is 4.80. The number of halogens is 1. The van der Waals surface area contributed by atoms with E-state index in [0.29, 0.717) is 12.0 Å². The minimum atomic E-state index is -0.111. The molecule has 0 N–H and O–H groups in total. The smallest absolute Gasteiger partial charge is 0.104 e. The molecule has 2 aliphatic rings. The van der Waals surface area contributed by atoms with Gasteiger partial charge in [-0.3, -0.25) is 0 Å². The van der Waals surface area contributed by atoms with Crippen molar-refractivity contribution >= 4 is 11.8 Å². The zero-order chi connectivity index (χ0) is 14.0. The van der Waals surface area contributed by atoms with Crippen LogP contribution in [0.2, 0.25) is 0 Å². The van der Waals surface area contributed by atoms with Crippen molar-refractivity contribution in [1.82, 2.24) is 9.32 Å². The highest BCUT2D eigenvalue weighted by Crippen LogP contribution is 2.29. The summed E-state index contributed by atoms with van der Waals surface area (Å²) in [6.45, 7) is 8.70. The van der Waals surface area contributed by atoms with Crippen molar-refractivity contribution in [2.45, 2.75) is 57.7 Å². The third-order valence-corrected chi connectivity index (χ3v) is 4.83. The van der Waals surface area contributed by atoms with Gasteiger partial charge in [0.25, 0.3) is 0 Å². The number of nitrogens with zero attached hydrogens (tertiary/aromatic N) is 2. The first-order valence-electron chi connectivity index (χ1n) is 7.36. The second kappa shape index (κ2) is 6.02. The molecule has 0 radical (unpaired) electrons. The molecule has 0 aliphatic carbocycles. The van der Waals surface area contributed by atoms with E-state index in [1.807, 2.05) is 4.42 Å². The van der Waals surface area contributed by atoms with Gasteiger partial charge in [-0.15, -0.1) is 0 Å². The predicted octanol–water partition coefficient (Wildman–Crippen LogP) is 3.25. The van der Waals surface area contributed by atoms with Gasteiger partial charge in [-0.1, -0.05) is 6.92 Å². The maximum absolute atomic E-state index is 6.52. The lowest BCUT2D eigenvalue weighted by Gasteiger charge is -2.37. The van der Waals surface area contributed by atoms with Gasteiger partial charge in [0, 0.05) is 19.0 Å². The summed E-state index contributed by atoms with van der Waals surface area (Å²) in [6, 6.07) is 0.956. The Hall–Kier alpha value is -0.250. The molecule has 0 saturated carbocycles. The highest BCUT2D eigenvalue weighted by molar-refractivity contribution is 6.13. The summed E-state index contributed by atoms with van der Waals surface area (Å²) < 4.78 is 7.56.